The number of aromatic amines is 2. The molecule has 0 amide bonds. The number of carboxylic acids is 1. The van der Waals surface area contributed by atoms with Crippen molar-refractivity contribution >= 4 is 17.0 Å². The van der Waals surface area contributed by atoms with Crippen LogP contribution in [0, 0.1) is 0 Å². The van der Waals surface area contributed by atoms with Crippen LogP contribution in [0.3, 0.4) is 0 Å². The predicted octanol–water partition coefficient (Wildman–Crippen LogP) is 1.05. The van der Waals surface area contributed by atoms with E-state index < -0.39 is 5.97 Å². The Labute approximate surface area is 94.5 Å². The molecule has 7 heteroatoms. The van der Waals surface area contributed by atoms with Crippen molar-refractivity contribution in [2.24, 2.45) is 0 Å². The molecule has 0 unspecified atom stereocenters. The number of hydrogen-bond donors (Lipinski definition) is 3. The molecular weight excluding hydrogens is 222 g/mol. The van der Waals surface area contributed by atoms with E-state index in [0.29, 0.717) is 22.6 Å². The van der Waals surface area contributed by atoms with Crippen LogP contribution in [0.2, 0.25) is 0 Å². The molecule has 0 radical (unpaired) electrons. The van der Waals surface area contributed by atoms with Crippen molar-refractivity contribution in [2.45, 2.75) is 0 Å². The lowest BCUT2D eigenvalue weighted by Crippen LogP contribution is -1.96. The number of carboxylic acid groups (broad SMARTS) is 1. The molecule has 0 spiro atoms. The average Bonchev–Trinajstić information content (AvgIpc) is 2.96. The van der Waals surface area contributed by atoms with E-state index in [0.717, 1.165) is 0 Å². The first-order valence-corrected chi connectivity index (χ1v) is 4.84. The molecule has 3 N–H and O–H groups in total. The number of nitrogens with one attached hydrogen (secondary N) is 2. The van der Waals surface area contributed by atoms with Gasteiger partial charge in [0.2, 0.25) is 0 Å². The van der Waals surface area contributed by atoms with Gasteiger partial charge >= 0.3 is 5.97 Å². The average molecular weight is 229 g/mol. The molecule has 0 aliphatic rings. The summed E-state index contributed by atoms with van der Waals surface area (Å²) in [5, 5.41) is 19.1. The number of benzene rings is 1. The fourth-order valence-electron chi connectivity index (χ4n) is 1.64. The summed E-state index contributed by atoms with van der Waals surface area (Å²) in [4.78, 5) is 18.2. The Morgan fingerprint density at radius 2 is 2.24 bits per heavy atom. The van der Waals surface area contributed by atoms with Crippen molar-refractivity contribution in [1.29, 1.82) is 0 Å². The molecular formula is C10H7N5O2. The van der Waals surface area contributed by atoms with Crippen LogP contribution in [-0.4, -0.2) is 36.5 Å². The minimum Gasteiger partial charge on any atom is -0.478 e. The van der Waals surface area contributed by atoms with Crippen LogP contribution < -0.4 is 0 Å². The van der Waals surface area contributed by atoms with E-state index in [2.05, 4.69) is 25.4 Å². The minimum atomic E-state index is -1.01. The first kappa shape index (κ1) is 9.52. The van der Waals surface area contributed by atoms with E-state index in [-0.39, 0.29) is 5.56 Å². The van der Waals surface area contributed by atoms with Crippen LogP contribution in [0.1, 0.15) is 10.4 Å². The smallest absolute Gasteiger partial charge is 0.337 e. The van der Waals surface area contributed by atoms with E-state index in [1.54, 1.807) is 12.1 Å². The molecule has 2 heterocycles. The molecule has 0 fully saturated rings. The molecule has 3 aromatic rings. The molecule has 3 rings (SSSR count). The van der Waals surface area contributed by atoms with Crippen LogP contribution in [0.5, 0.6) is 0 Å². The second-order valence-corrected chi connectivity index (χ2v) is 3.45. The van der Waals surface area contributed by atoms with Gasteiger partial charge in [-0.2, -0.15) is 15.4 Å². The lowest BCUT2D eigenvalue weighted by molar-refractivity contribution is 0.0699. The number of nitrogens with zero attached hydrogens (tertiary/aromatic N) is 3. The molecule has 84 valence electrons. The molecule has 0 aliphatic carbocycles. The van der Waals surface area contributed by atoms with Crippen LogP contribution in [-0.2, 0) is 0 Å². The third kappa shape index (κ3) is 1.44. The maximum absolute atomic E-state index is 11.0. The molecule has 0 saturated heterocycles. The maximum Gasteiger partial charge on any atom is 0.337 e. The monoisotopic (exact) mass is 229 g/mol. The number of H-pyrrole nitrogens is 2. The second kappa shape index (κ2) is 3.41. The first-order valence-electron chi connectivity index (χ1n) is 4.84. The van der Waals surface area contributed by atoms with E-state index >= 15 is 0 Å². The summed E-state index contributed by atoms with van der Waals surface area (Å²) in [5.74, 6) is -0.517. The highest BCUT2D eigenvalue weighted by atomic mass is 16.4. The van der Waals surface area contributed by atoms with Crippen molar-refractivity contribution in [2.75, 3.05) is 0 Å². The van der Waals surface area contributed by atoms with Crippen molar-refractivity contribution in [1.82, 2.24) is 25.4 Å². The topological polar surface area (TPSA) is 108 Å². The summed E-state index contributed by atoms with van der Waals surface area (Å²) >= 11 is 0. The SMILES string of the molecule is O=C(O)c1cccc2[nH]c(-c3cn[nH]n3)nc12. The number of aromatic carboxylic acids is 1. The highest BCUT2D eigenvalue weighted by molar-refractivity contribution is 6.01. The van der Waals surface area contributed by atoms with Crippen LogP contribution in [0.15, 0.2) is 24.4 Å². The number of rotatable bonds is 2. The third-order valence-corrected chi connectivity index (χ3v) is 2.40. The van der Waals surface area contributed by atoms with Crippen molar-refractivity contribution in [3.05, 3.63) is 30.0 Å². The Morgan fingerprint density at radius 1 is 1.35 bits per heavy atom. The Morgan fingerprint density at radius 3 is 2.94 bits per heavy atom. The van der Waals surface area contributed by atoms with E-state index in [9.17, 15) is 4.79 Å². The van der Waals surface area contributed by atoms with Gasteiger partial charge in [-0.05, 0) is 12.1 Å². The highest BCUT2D eigenvalue weighted by Gasteiger charge is 2.13. The zero-order valence-electron chi connectivity index (χ0n) is 8.51. The Bertz CT molecular complexity index is 686. The Hall–Kier alpha value is -2.70. The molecule has 0 aliphatic heterocycles. The number of imidazole rings is 1. The van der Waals surface area contributed by atoms with Gasteiger partial charge in [-0.15, -0.1) is 0 Å². The van der Waals surface area contributed by atoms with Gasteiger partial charge in [-0.1, -0.05) is 6.07 Å². The van der Waals surface area contributed by atoms with Gasteiger partial charge in [-0.25, -0.2) is 9.78 Å². The molecule has 0 saturated carbocycles. The molecule has 1 aromatic carbocycles. The zero-order chi connectivity index (χ0) is 11.8. The fourth-order valence-corrected chi connectivity index (χ4v) is 1.64. The Balaban J connectivity index is 2.26. The molecule has 7 nitrogen and oxygen atoms in total. The van der Waals surface area contributed by atoms with Gasteiger partial charge in [0.05, 0.1) is 17.3 Å². The number of aromatic nitrogens is 5. The molecule has 0 bridgehead atoms. The highest BCUT2D eigenvalue weighted by Crippen LogP contribution is 2.20. The summed E-state index contributed by atoms with van der Waals surface area (Å²) in [5.41, 5.74) is 1.77. The summed E-state index contributed by atoms with van der Waals surface area (Å²) in [6.45, 7) is 0. The van der Waals surface area contributed by atoms with Crippen molar-refractivity contribution in [3.8, 4) is 11.5 Å². The molecule has 0 atom stereocenters. The second-order valence-electron chi connectivity index (χ2n) is 3.45. The largest absolute Gasteiger partial charge is 0.478 e. The van der Waals surface area contributed by atoms with Gasteiger partial charge in [0.1, 0.15) is 11.2 Å². The maximum atomic E-state index is 11.0. The van der Waals surface area contributed by atoms with Gasteiger partial charge < -0.3 is 10.1 Å². The third-order valence-electron chi connectivity index (χ3n) is 2.40. The lowest BCUT2D eigenvalue weighted by Gasteiger charge is -1.93. The number of hydrogen-bond acceptors (Lipinski definition) is 4. The van der Waals surface area contributed by atoms with Gasteiger partial charge in [0.15, 0.2) is 5.82 Å². The van der Waals surface area contributed by atoms with Gasteiger partial charge in [0.25, 0.3) is 0 Å². The number of fused-ring (bicyclic) bond motifs is 1. The van der Waals surface area contributed by atoms with Crippen LogP contribution >= 0.6 is 0 Å². The van der Waals surface area contributed by atoms with Crippen LogP contribution in [0.25, 0.3) is 22.6 Å². The quantitative estimate of drug-likeness (QED) is 0.608. The van der Waals surface area contributed by atoms with Crippen molar-refractivity contribution < 1.29 is 9.90 Å². The first-order chi connectivity index (χ1) is 8.25. The normalized spacial score (nSPS) is 10.8. The van der Waals surface area contributed by atoms with E-state index in [4.69, 9.17) is 5.11 Å². The predicted molar refractivity (Wildman–Crippen MR) is 58.4 cm³/mol. The standard InChI is InChI=1S/C10H7N5O2/c16-10(17)5-2-1-3-6-8(5)13-9(12-6)7-4-11-15-14-7/h1-4H,(H,12,13)(H,16,17)(H,11,14,15). The van der Waals surface area contributed by atoms with E-state index in [1.807, 2.05) is 0 Å². The zero-order valence-corrected chi connectivity index (χ0v) is 8.51. The summed E-state index contributed by atoms with van der Waals surface area (Å²) in [7, 11) is 0. The lowest BCUT2D eigenvalue weighted by atomic mass is 10.2. The van der Waals surface area contributed by atoms with Gasteiger partial charge in [-0.3, -0.25) is 0 Å². The van der Waals surface area contributed by atoms with Crippen LogP contribution in [0.4, 0.5) is 0 Å². The molecule has 2 aromatic heterocycles. The van der Waals surface area contributed by atoms with Crippen molar-refractivity contribution in [3.63, 3.8) is 0 Å². The minimum absolute atomic E-state index is 0.161. The number of carbonyl (C=O) groups is 1. The van der Waals surface area contributed by atoms with E-state index in [1.165, 1.54) is 12.3 Å². The van der Waals surface area contributed by atoms with Gasteiger partial charge in [0, 0.05) is 0 Å². The Kier molecular flexibility index (Phi) is 1.91. The molecule has 17 heavy (non-hydrogen) atoms. The summed E-state index contributed by atoms with van der Waals surface area (Å²) < 4.78 is 0. The summed E-state index contributed by atoms with van der Waals surface area (Å²) in [6.07, 6.45) is 1.51. The number of para-hydroxylation sites is 1. The fraction of sp³-hybridized carbons (Fsp3) is 0. The summed E-state index contributed by atoms with van der Waals surface area (Å²) in [6, 6.07) is 4.94.